The second-order valence-electron chi connectivity index (χ2n) is 6.62. The third-order valence-electron chi connectivity index (χ3n) is 4.65. The van der Waals surface area contributed by atoms with Gasteiger partial charge in [0.2, 0.25) is 5.28 Å². The van der Waals surface area contributed by atoms with E-state index in [9.17, 15) is 4.79 Å². The van der Waals surface area contributed by atoms with E-state index in [2.05, 4.69) is 15.0 Å². The van der Waals surface area contributed by atoms with Gasteiger partial charge in [-0.15, -0.1) is 0 Å². The average Bonchev–Trinajstić information content (AvgIpc) is 2.97. The van der Waals surface area contributed by atoms with Crippen LogP contribution in [-0.4, -0.2) is 38.8 Å². The summed E-state index contributed by atoms with van der Waals surface area (Å²) in [5, 5.41) is 1.10. The van der Waals surface area contributed by atoms with Crippen LogP contribution in [0.3, 0.4) is 0 Å². The molecule has 1 aromatic carbocycles. The van der Waals surface area contributed by atoms with E-state index in [0.29, 0.717) is 18.1 Å². The second kappa shape index (κ2) is 6.21. The van der Waals surface area contributed by atoms with Crippen LogP contribution in [-0.2, 0) is 6.54 Å². The Morgan fingerprint density at radius 1 is 1.23 bits per heavy atom. The van der Waals surface area contributed by atoms with Crippen LogP contribution in [0.25, 0.3) is 10.9 Å². The molecule has 1 amide bonds. The summed E-state index contributed by atoms with van der Waals surface area (Å²) in [5.41, 5.74) is 2.98. The van der Waals surface area contributed by atoms with Crippen molar-refractivity contribution < 1.29 is 4.79 Å². The molecule has 0 spiro atoms. The standard InChI is InChI=1S/C19H18ClN5O/c1-11(2)25-10-14-16(18(25)26)22-19(20)23-17(14)24(3)13-8-12-6-4-5-7-15(12)21-9-13/h4-9,11H,10H2,1-3H3. The smallest absolute Gasteiger partial charge is 0.273 e. The molecule has 0 aliphatic carbocycles. The van der Waals surface area contributed by atoms with Gasteiger partial charge in [-0.1, -0.05) is 18.2 Å². The predicted molar refractivity (Wildman–Crippen MR) is 102 cm³/mol. The Morgan fingerprint density at radius 2 is 2.00 bits per heavy atom. The minimum atomic E-state index is -0.106. The molecule has 1 aliphatic rings. The normalized spacial score (nSPS) is 13.6. The molecule has 0 N–H and O–H groups in total. The van der Waals surface area contributed by atoms with Crippen LogP contribution >= 0.6 is 11.6 Å². The van der Waals surface area contributed by atoms with Crippen molar-refractivity contribution >= 4 is 39.9 Å². The predicted octanol–water partition coefficient (Wildman–Crippen LogP) is 3.81. The number of amides is 1. The molecule has 0 saturated heterocycles. The number of carbonyl (C=O) groups is 1. The number of nitrogens with zero attached hydrogens (tertiary/aromatic N) is 5. The molecule has 3 heterocycles. The van der Waals surface area contributed by atoms with E-state index in [1.54, 1.807) is 11.1 Å². The first-order valence-corrected chi connectivity index (χ1v) is 8.79. The van der Waals surface area contributed by atoms with Crippen molar-refractivity contribution in [2.24, 2.45) is 0 Å². The highest BCUT2D eigenvalue weighted by atomic mass is 35.5. The molecule has 0 saturated carbocycles. The van der Waals surface area contributed by atoms with Gasteiger partial charge < -0.3 is 9.80 Å². The zero-order chi connectivity index (χ0) is 18.4. The van der Waals surface area contributed by atoms with Crippen LogP contribution in [0.2, 0.25) is 5.28 Å². The molecule has 0 bridgehead atoms. The van der Waals surface area contributed by atoms with Crippen molar-refractivity contribution in [2.75, 3.05) is 11.9 Å². The van der Waals surface area contributed by atoms with E-state index in [0.717, 1.165) is 22.2 Å². The molecule has 4 rings (SSSR count). The van der Waals surface area contributed by atoms with E-state index in [-0.39, 0.29) is 17.2 Å². The Bertz CT molecular complexity index is 1020. The summed E-state index contributed by atoms with van der Waals surface area (Å²) < 4.78 is 0. The van der Waals surface area contributed by atoms with Crippen molar-refractivity contribution in [3.8, 4) is 0 Å². The van der Waals surface area contributed by atoms with Crippen LogP contribution in [0.1, 0.15) is 29.9 Å². The lowest BCUT2D eigenvalue weighted by atomic mass is 10.2. The maximum absolute atomic E-state index is 12.6. The van der Waals surface area contributed by atoms with Gasteiger partial charge in [0.05, 0.1) is 23.9 Å². The molecule has 0 atom stereocenters. The third-order valence-corrected chi connectivity index (χ3v) is 4.82. The fraction of sp³-hybridized carbons (Fsp3) is 0.263. The maximum Gasteiger partial charge on any atom is 0.273 e. The van der Waals surface area contributed by atoms with Gasteiger partial charge in [0, 0.05) is 24.0 Å². The minimum absolute atomic E-state index is 0.0679. The molecule has 3 aromatic rings. The second-order valence-corrected chi connectivity index (χ2v) is 6.95. The lowest BCUT2D eigenvalue weighted by molar-refractivity contribution is 0.0726. The molecule has 0 radical (unpaired) electrons. The number of aromatic nitrogens is 3. The number of hydrogen-bond donors (Lipinski definition) is 0. The summed E-state index contributed by atoms with van der Waals surface area (Å²) in [6.45, 7) is 4.44. The van der Waals surface area contributed by atoms with Gasteiger partial charge >= 0.3 is 0 Å². The Hall–Kier alpha value is -2.73. The van der Waals surface area contributed by atoms with Crippen LogP contribution < -0.4 is 4.90 Å². The van der Waals surface area contributed by atoms with E-state index in [1.807, 2.05) is 56.1 Å². The lowest BCUT2D eigenvalue weighted by Gasteiger charge is -2.22. The quantitative estimate of drug-likeness (QED) is 0.659. The molecule has 26 heavy (non-hydrogen) atoms. The number of para-hydroxylation sites is 1. The fourth-order valence-electron chi connectivity index (χ4n) is 3.21. The van der Waals surface area contributed by atoms with Gasteiger partial charge in [0.15, 0.2) is 0 Å². The van der Waals surface area contributed by atoms with Crippen molar-refractivity contribution in [3.63, 3.8) is 0 Å². The number of hydrogen-bond acceptors (Lipinski definition) is 5. The molecule has 2 aromatic heterocycles. The van der Waals surface area contributed by atoms with Gasteiger partial charge in [-0.2, -0.15) is 4.98 Å². The van der Waals surface area contributed by atoms with Crippen molar-refractivity contribution in [3.05, 3.63) is 53.1 Å². The fourth-order valence-corrected chi connectivity index (χ4v) is 3.37. The number of carbonyl (C=O) groups excluding carboxylic acids is 1. The Kier molecular flexibility index (Phi) is 4.00. The molecule has 7 heteroatoms. The summed E-state index contributed by atoms with van der Waals surface area (Å²) in [7, 11) is 1.90. The molecular formula is C19H18ClN5O. The Balaban J connectivity index is 1.80. The summed E-state index contributed by atoms with van der Waals surface area (Å²) in [5.74, 6) is 0.527. The highest BCUT2D eigenvalue weighted by molar-refractivity contribution is 6.28. The van der Waals surface area contributed by atoms with Crippen molar-refractivity contribution in [1.82, 2.24) is 19.9 Å². The number of benzene rings is 1. The summed E-state index contributed by atoms with van der Waals surface area (Å²) in [6, 6.07) is 10.0. The van der Waals surface area contributed by atoms with E-state index in [1.165, 1.54) is 0 Å². The van der Waals surface area contributed by atoms with Gasteiger partial charge in [-0.05, 0) is 37.6 Å². The van der Waals surface area contributed by atoms with Crippen LogP contribution in [0, 0.1) is 0 Å². The Labute approximate surface area is 156 Å². The number of rotatable bonds is 3. The number of fused-ring (bicyclic) bond motifs is 2. The first-order chi connectivity index (χ1) is 12.5. The van der Waals surface area contributed by atoms with Gasteiger partial charge in [0.1, 0.15) is 11.5 Å². The Morgan fingerprint density at radius 3 is 2.77 bits per heavy atom. The first-order valence-electron chi connectivity index (χ1n) is 8.41. The van der Waals surface area contributed by atoms with Crippen LogP contribution in [0.4, 0.5) is 11.5 Å². The zero-order valence-corrected chi connectivity index (χ0v) is 15.5. The van der Waals surface area contributed by atoms with Gasteiger partial charge in [-0.25, -0.2) is 4.98 Å². The van der Waals surface area contributed by atoms with Crippen LogP contribution in [0.15, 0.2) is 36.5 Å². The third kappa shape index (κ3) is 2.66. The van der Waals surface area contributed by atoms with Gasteiger partial charge in [0.25, 0.3) is 5.91 Å². The lowest BCUT2D eigenvalue weighted by Crippen LogP contribution is -2.31. The zero-order valence-electron chi connectivity index (χ0n) is 14.8. The maximum atomic E-state index is 12.6. The number of halogens is 1. The summed E-state index contributed by atoms with van der Waals surface area (Å²) in [6.07, 6.45) is 1.79. The van der Waals surface area contributed by atoms with Crippen molar-refractivity contribution in [1.29, 1.82) is 0 Å². The largest absolute Gasteiger partial charge is 0.330 e. The molecule has 0 fully saturated rings. The molecular weight excluding hydrogens is 350 g/mol. The minimum Gasteiger partial charge on any atom is -0.330 e. The van der Waals surface area contributed by atoms with Gasteiger partial charge in [-0.3, -0.25) is 9.78 Å². The van der Waals surface area contributed by atoms with E-state index >= 15 is 0 Å². The van der Waals surface area contributed by atoms with Crippen LogP contribution in [0.5, 0.6) is 0 Å². The molecule has 1 aliphatic heterocycles. The highest BCUT2D eigenvalue weighted by Crippen LogP contribution is 2.34. The topological polar surface area (TPSA) is 62.2 Å². The molecule has 6 nitrogen and oxygen atoms in total. The summed E-state index contributed by atoms with van der Waals surface area (Å²) in [4.78, 5) is 29.4. The number of anilines is 2. The monoisotopic (exact) mass is 367 g/mol. The average molecular weight is 368 g/mol. The number of pyridine rings is 1. The van der Waals surface area contributed by atoms with E-state index < -0.39 is 0 Å². The first kappa shape index (κ1) is 16.7. The SMILES string of the molecule is CC(C)N1Cc2c(nc(Cl)nc2N(C)c2cnc3ccccc3c2)C1=O. The van der Waals surface area contributed by atoms with Crippen molar-refractivity contribution in [2.45, 2.75) is 26.4 Å². The highest BCUT2D eigenvalue weighted by Gasteiger charge is 2.35. The molecule has 0 unspecified atom stereocenters. The molecule has 132 valence electrons. The summed E-state index contributed by atoms with van der Waals surface area (Å²) >= 11 is 6.11. The van der Waals surface area contributed by atoms with E-state index in [4.69, 9.17) is 11.6 Å².